The summed E-state index contributed by atoms with van der Waals surface area (Å²) in [5.41, 5.74) is 0.846. The van der Waals surface area contributed by atoms with Gasteiger partial charge in [-0.2, -0.15) is 5.10 Å². The van der Waals surface area contributed by atoms with E-state index in [1.54, 1.807) is 23.9 Å². The second kappa shape index (κ2) is 6.37. The Bertz CT molecular complexity index is 842. The summed E-state index contributed by atoms with van der Waals surface area (Å²) in [5, 5.41) is 6.87. The minimum Gasteiger partial charge on any atom is -0.348 e. The first kappa shape index (κ1) is 15.5. The fourth-order valence-electron chi connectivity index (χ4n) is 2.32. The van der Waals surface area contributed by atoms with Crippen LogP contribution in [0.2, 0.25) is 0 Å². The molecule has 23 heavy (non-hydrogen) atoms. The van der Waals surface area contributed by atoms with Crippen LogP contribution in [0, 0.1) is 5.82 Å². The smallest absolute Gasteiger partial charge is 0.256 e. The zero-order valence-electron chi connectivity index (χ0n) is 12.3. The molecule has 1 aromatic carbocycles. The molecule has 1 amide bonds. The lowest BCUT2D eigenvalue weighted by Gasteiger charge is -2.09. The Morgan fingerprint density at radius 1 is 1.35 bits per heavy atom. The fourth-order valence-corrected chi connectivity index (χ4v) is 2.73. The van der Waals surface area contributed by atoms with Gasteiger partial charge in [-0.25, -0.2) is 4.39 Å². The molecule has 0 aliphatic carbocycles. The molecule has 1 N–H and O–H groups in total. The first-order chi connectivity index (χ1) is 11.1. The van der Waals surface area contributed by atoms with Gasteiger partial charge in [0.1, 0.15) is 17.2 Å². The molecule has 7 heteroatoms. The number of hydrogen-bond acceptors (Lipinski definition) is 2. The van der Waals surface area contributed by atoms with Crippen molar-refractivity contribution in [3.05, 3.63) is 70.3 Å². The SMILES string of the molecule is Cn1ncc(C(=O)NCc2cc(Br)ccc2F)c1-n1cccc1. The molecule has 5 nitrogen and oxygen atoms in total. The predicted molar refractivity (Wildman–Crippen MR) is 87.8 cm³/mol. The van der Waals surface area contributed by atoms with E-state index >= 15 is 0 Å². The Kier molecular flexibility index (Phi) is 4.29. The van der Waals surface area contributed by atoms with Gasteiger partial charge < -0.3 is 9.88 Å². The number of aromatic nitrogens is 3. The molecule has 0 atom stereocenters. The first-order valence-corrected chi connectivity index (χ1v) is 7.73. The summed E-state index contributed by atoms with van der Waals surface area (Å²) in [4.78, 5) is 12.4. The third-order valence-corrected chi connectivity index (χ3v) is 3.94. The van der Waals surface area contributed by atoms with Crippen LogP contribution in [-0.4, -0.2) is 20.3 Å². The lowest BCUT2D eigenvalue weighted by molar-refractivity contribution is 0.0950. The third kappa shape index (κ3) is 3.19. The predicted octanol–water partition coefficient (Wildman–Crippen LogP) is 3.04. The standard InChI is InChI=1S/C16H14BrFN4O/c1-21-16(22-6-2-3-7-22)13(10-20-21)15(23)19-9-11-8-12(17)4-5-14(11)18/h2-8,10H,9H2,1H3,(H,19,23). The van der Waals surface area contributed by atoms with Crippen LogP contribution in [-0.2, 0) is 13.6 Å². The summed E-state index contributed by atoms with van der Waals surface area (Å²) < 4.78 is 17.9. The molecule has 0 unspecified atom stereocenters. The molecule has 0 fully saturated rings. The van der Waals surface area contributed by atoms with Crippen molar-refractivity contribution < 1.29 is 9.18 Å². The average Bonchev–Trinajstić information content (AvgIpc) is 3.17. The molecule has 2 heterocycles. The molecular formula is C16H14BrFN4O. The highest BCUT2D eigenvalue weighted by atomic mass is 79.9. The van der Waals surface area contributed by atoms with Crippen molar-refractivity contribution in [1.82, 2.24) is 19.7 Å². The highest BCUT2D eigenvalue weighted by Gasteiger charge is 2.17. The second-order valence-corrected chi connectivity index (χ2v) is 5.93. The Hall–Kier alpha value is -2.41. The monoisotopic (exact) mass is 376 g/mol. The average molecular weight is 377 g/mol. The van der Waals surface area contributed by atoms with E-state index in [0.29, 0.717) is 16.9 Å². The molecule has 0 bridgehead atoms. The number of hydrogen-bond donors (Lipinski definition) is 1. The van der Waals surface area contributed by atoms with Crippen molar-refractivity contribution in [1.29, 1.82) is 0 Å². The number of carbonyl (C=O) groups excluding carboxylic acids is 1. The Morgan fingerprint density at radius 3 is 2.83 bits per heavy atom. The van der Waals surface area contributed by atoms with Gasteiger partial charge in [-0.1, -0.05) is 15.9 Å². The quantitative estimate of drug-likeness (QED) is 0.760. The van der Waals surface area contributed by atoms with Crippen molar-refractivity contribution in [2.75, 3.05) is 0 Å². The van der Waals surface area contributed by atoms with Crippen LogP contribution in [0.4, 0.5) is 4.39 Å². The van der Waals surface area contributed by atoms with Crippen LogP contribution in [0.3, 0.4) is 0 Å². The lowest BCUT2D eigenvalue weighted by atomic mass is 10.2. The van der Waals surface area contributed by atoms with Crippen LogP contribution >= 0.6 is 15.9 Å². The van der Waals surface area contributed by atoms with Gasteiger partial charge >= 0.3 is 0 Å². The summed E-state index contributed by atoms with van der Waals surface area (Å²) in [6.45, 7) is 0.101. The minimum atomic E-state index is -0.356. The molecule has 3 rings (SSSR count). The fraction of sp³-hybridized carbons (Fsp3) is 0.125. The molecule has 0 aliphatic rings. The molecule has 118 valence electrons. The number of amides is 1. The second-order valence-electron chi connectivity index (χ2n) is 5.01. The number of nitrogens with one attached hydrogen (secondary N) is 1. The Labute approximate surface area is 140 Å². The van der Waals surface area contributed by atoms with Gasteiger partial charge in [0.2, 0.25) is 0 Å². The largest absolute Gasteiger partial charge is 0.348 e. The van der Waals surface area contributed by atoms with Gasteiger partial charge in [0.05, 0.1) is 6.20 Å². The normalized spacial score (nSPS) is 10.7. The lowest BCUT2D eigenvalue weighted by Crippen LogP contribution is -2.24. The van der Waals surface area contributed by atoms with Gasteiger partial charge in [-0.05, 0) is 30.3 Å². The molecule has 0 radical (unpaired) electrons. The van der Waals surface area contributed by atoms with E-state index in [9.17, 15) is 9.18 Å². The van der Waals surface area contributed by atoms with Crippen LogP contribution < -0.4 is 5.32 Å². The number of nitrogens with zero attached hydrogens (tertiary/aromatic N) is 3. The first-order valence-electron chi connectivity index (χ1n) is 6.93. The molecule has 0 spiro atoms. The molecular weight excluding hydrogens is 363 g/mol. The van der Waals surface area contributed by atoms with Crippen molar-refractivity contribution in [3.8, 4) is 5.82 Å². The Morgan fingerprint density at radius 2 is 2.09 bits per heavy atom. The van der Waals surface area contributed by atoms with Gasteiger partial charge in [0.15, 0.2) is 0 Å². The van der Waals surface area contributed by atoms with E-state index in [2.05, 4.69) is 26.3 Å². The van der Waals surface area contributed by atoms with Crippen molar-refractivity contribution in [2.45, 2.75) is 6.54 Å². The van der Waals surface area contributed by atoms with Gasteiger partial charge in [-0.3, -0.25) is 9.48 Å². The number of benzene rings is 1. The highest BCUT2D eigenvalue weighted by molar-refractivity contribution is 9.10. The van der Waals surface area contributed by atoms with Crippen LogP contribution in [0.25, 0.3) is 5.82 Å². The third-order valence-electron chi connectivity index (χ3n) is 3.45. The van der Waals surface area contributed by atoms with Crippen LogP contribution in [0.15, 0.2) is 53.4 Å². The molecule has 0 saturated heterocycles. The van der Waals surface area contributed by atoms with Gasteiger partial charge in [0, 0.05) is 36.0 Å². The van der Waals surface area contributed by atoms with E-state index < -0.39 is 0 Å². The topological polar surface area (TPSA) is 51.9 Å². The number of aryl methyl sites for hydroxylation is 1. The van der Waals surface area contributed by atoms with E-state index in [1.807, 2.05) is 29.1 Å². The highest BCUT2D eigenvalue weighted by Crippen LogP contribution is 2.17. The van der Waals surface area contributed by atoms with Gasteiger partial charge in [0.25, 0.3) is 5.91 Å². The molecule has 0 saturated carbocycles. The minimum absolute atomic E-state index is 0.101. The molecule has 0 aliphatic heterocycles. The number of carbonyl (C=O) groups is 1. The molecule has 2 aromatic heterocycles. The van der Waals surface area contributed by atoms with E-state index in [-0.39, 0.29) is 18.3 Å². The van der Waals surface area contributed by atoms with Crippen molar-refractivity contribution in [2.24, 2.45) is 7.05 Å². The number of halogens is 2. The number of rotatable bonds is 4. The van der Waals surface area contributed by atoms with Crippen molar-refractivity contribution >= 4 is 21.8 Å². The summed E-state index contributed by atoms with van der Waals surface area (Å²) in [6.07, 6.45) is 5.17. The zero-order chi connectivity index (χ0) is 16.4. The molecule has 3 aromatic rings. The zero-order valence-corrected chi connectivity index (χ0v) is 13.9. The van der Waals surface area contributed by atoms with E-state index in [0.717, 1.165) is 4.47 Å². The maximum Gasteiger partial charge on any atom is 0.256 e. The van der Waals surface area contributed by atoms with Crippen LogP contribution in [0.5, 0.6) is 0 Å². The van der Waals surface area contributed by atoms with E-state index in [1.165, 1.54) is 12.3 Å². The van der Waals surface area contributed by atoms with Crippen molar-refractivity contribution in [3.63, 3.8) is 0 Å². The summed E-state index contributed by atoms with van der Waals surface area (Å²) in [6, 6.07) is 8.36. The van der Waals surface area contributed by atoms with Gasteiger partial charge in [-0.15, -0.1) is 0 Å². The summed E-state index contributed by atoms with van der Waals surface area (Å²) in [7, 11) is 1.76. The maximum absolute atomic E-state index is 13.7. The van der Waals surface area contributed by atoms with Crippen LogP contribution in [0.1, 0.15) is 15.9 Å². The summed E-state index contributed by atoms with van der Waals surface area (Å²) >= 11 is 3.29. The van der Waals surface area contributed by atoms with E-state index in [4.69, 9.17) is 0 Å². The maximum atomic E-state index is 13.7. The Balaban J connectivity index is 1.81. The summed E-state index contributed by atoms with van der Waals surface area (Å²) in [5.74, 6) is -0.00582.